The number of carboxylic acids is 1. The van der Waals surface area contributed by atoms with Gasteiger partial charge in [-0.05, 0) is 17.7 Å². The molecule has 0 spiro atoms. The zero-order chi connectivity index (χ0) is 11.7. The van der Waals surface area contributed by atoms with Crippen molar-refractivity contribution in [2.24, 2.45) is 5.92 Å². The van der Waals surface area contributed by atoms with Crippen LogP contribution in [0.15, 0.2) is 22.7 Å². The van der Waals surface area contributed by atoms with Crippen LogP contribution in [0.2, 0.25) is 5.02 Å². The fraction of sp³-hybridized carbons (Fsp3) is 0.364. The molecule has 1 fully saturated rings. The number of rotatable bonds is 2. The van der Waals surface area contributed by atoms with Crippen molar-refractivity contribution in [3.8, 4) is 0 Å². The summed E-state index contributed by atoms with van der Waals surface area (Å²) in [7, 11) is 0. The van der Waals surface area contributed by atoms with E-state index in [2.05, 4.69) is 21.2 Å². The number of aliphatic carboxylic acids is 1. The lowest BCUT2D eigenvalue weighted by atomic mass is 9.89. The van der Waals surface area contributed by atoms with E-state index in [0.717, 1.165) is 10.0 Å². The Balaban J connectivity index is 2.32. The molecule has 1 aromatic rings. The van der Waals surface area contributed by atoms with Crippen LogP contribution in [0.3, 0.4) is 0 Å². The van der Waals surface area contributed by atoms with E-state index in [1.165, 1.54) is 0 Å². The largest absolute Gasteiger partial charge is 0.481 e. The molecule has 2 unspecified atom stereocenters. The maximum absolute atomic E-state index is 11.1. The molecule has 2 rings (SSSR count). The van der Waals surface area contributed by atoms with Crippen LogP contribution in [0.25, 0.3) is 0 Å². The first kappa shape index (κ1) is 11.9. The SMILES string of the molecule is O=C(O)C1CNCC1c1ccc(Cl)cc1Br. The molecule has 0 aromatic heterocycles. The fourth-order valence-electron chi connectivity index (χ4n) is 2.07. The third-order valence-electron chi connectivity index (χ3n) is 2.89. The molecule has 0 radical (unpaired) electrons. The number of halogens is 2. The van der Waals surface area contributed by atoms with Crippen molar-refractivity contribution >= 4 is 33.5 Å². The van der Waals surface area contributed by atoms with Gasteiger partial charge >= 0.3 is 5.97 Å². The first-order valence-corrected chi connectivity index (χ1v) is 6.15. The summed E-state index contributed by atoms with van der Waals surface area (Å²) in [5.41, 5.74) is 1.00. The number of hydrogen-bond donors (Lipinski definition) is 2. The van der Waals surface area contributed by atoms with E-state index in [4.69, 9.17) is 16.7 Å². The highest BCUT2D eigenvalue weighted by Crippen LogP contribution is 2.34. The van der Waals surface area contributed by atoms with Crippen molar-refractivity contribution in [2.45, 2.75) is 5.92 Å². The minimum Gasteiger partial charge on any atom is -0.481 e. The summed E-state index contributed by atoms with van der Waals surface area (Å²) < 4.78 is 0.875. The zero-order valence-electron chi connectivity index (χ0n) is 8.41. The van der Waals surface area contributed by atoms with Crippen LogP contribution >= 0.6 is 27.5 Å². The summed E-state index contributed by atoms with van der Waals surface area (Å²) in [5, 5.41) is 12.9. The van der Waals surface area contributed by atoms with E-state index in [1.807, 2.05) is 6.07 Å². The third kappa shape index (κ3) is 2.24. The Labute approximate surface area is 107 Å². The Kier molecular flexibility index (Phi) is 3.52. The number of nitrogens with one attached hydrogen (secondary N) is 1. The molecule has 5 heteroatoms. The number of benzene rings is 1. The van der Waals surface area contributed by atoms with Crippen molar-refractivity contribution in [2.75, 3.05) is 13.1 Å². The topological polar surface area (TPSA) is 49.3 Å². The van der Waals surface area contributed by atoms with E-state index in [0.29, 0.717) is 18.1 Å². The summed E-state index contributed by atoms with van der Waals surface area (Å²) in [6.07, 6.45) is 0. The fourth-order valence-corrected chi connectivity index (χ4v) is 3.04. The smallest absolute Gasteiger partial charge is 0.308 e. The van der Waals surface area contributed by atoms with E-state index < -0.39 is 5.97 Å². The van der Waals surface area contributed by atoms with Gasteiger partial charge in [0.2, 0.25) is 0 Å². The standard InChI is InChI=1S/C11H11BrClNO2/c12-10-3-6(13)1-2-7(10)8-4-14-5-9(8)11(15)16/h1-3,8-9,14H,4-5H2,(H,15,16). The number of carboxylic acid groups (broad SMARTS) is 1. The lowest BCUT2D eigenvalue weighted by molar-refractivity contribution is -0.141. The van der Waals surface area contributed by atoms with Gasteiger partial charge in [-0.15, -0.1) is 0 Å². The van der Waals surface area contributed by atoms with E-state index >= 15 is 0 Å². The second-order valence-electron chi connectivity index (χ2n) is 3.88. The Hall–Kier alpha value is -0.580. The van der Waals surface area contributed by atoms with Crippen LogP contribution in [0.4, 0.5) is 0 Å². The van der Waals surface area contributed by atoms with Gasteiger partial charge in [0, 0.05) is 28.5 Å². The average Bonchev–Trinajstić information content (AvgIpc) is 2.66. The molecule has 1 aliphatic rings. The van der Waals surface area contributed by atoms with E-state index in [1.54, 1.807) is 12.1 Å². The van der Waals surface area contributed by atoms with Gasteiger partial charge in [0.1, 0.15) is 0 Å². The monoisotopic (exact) mass is 303 g/mol. The molecule has 86 valence electrons. The molecule has 0 saturated carbocycles. The molecule has 2 atom stereocenters. The van der Waals surface area contributed by atoms with Gasteiger partial charge in [0.05, 0.1) is 5.92 Å². The first-order chi connectivity index (χ1) is 7.59. The second kappa shape index (κ2) is 4.73. The summed E-state index contributed by atoms with van der Waals surface area (Å²) in [6.45, 7) is 1.21. The molecule has 0 aliphatic carbocycles. The molecule has 1 aliphatic heterocycles. The van der Waals surface area contributed by atoms with Crippen molar-refractivity contribution in [1.82, 2.24) is 5.32 Å². The molecule has 2 N–H and O–H groups in total. The van der Waals surface area contributed by atoms with Crippen LogP contribution in [-0.4, -0.2) is 24.2 Å². The minimum atomic E-state index is -0.753. The highest BCUT2D eigenvalue weighted by Gasteiger charge is 2.34. The first-order valence-electron chi connectivity index (χ1n) is 4.98. The molecule has 1 saturated heterocycles. The zero-order valence-corrected chi connectivity index (χ0v) is 10.8. The van der Waals surface area contributed by atoms with Gasteiger partial charge in [-0.3, -0.25) is 4.79 Å². The third-order valence-corrected chi connectivity index (χ3v) is 3.82. The lowest BCUT2D eigenvalue weighted by Gasteiger charge is -2.16. The van der Waals surface area contributed by atoms with Gasteiger partial charge in [0.15, 0.2) is 0 Å². The lowest BCUT2D eigenvalue weighted by Crippen LogP contribution is -2.21. The predicted octanol–water partition coefficient (Wildman–Crippen LogP) is 2.49. The second-order valence-corrected chi connectivity index (χ2v) is 5.17. The normalized spacial score (nSPS) is 24.6. The number of hydrogen-bond acceptors (Lipinski definition) is 2. The highest BCUT2D eigenvalue weighted by atomic mass is 79.9. The Morgan fingerprint density at radius 2 is 2.25 bits per heavy atom. The molecule has 3 nitrogen and oxygen atoms in total. The van der Waals surface area contributed by atoms with E-state index in [-0.39, 0.29) is 11.8 Å². The minimum absolute atomic E-state index is 0.00383. The van der Waals surface area contributed by atoms with Crippen molar-refractivity contribution in [3.05, 3.63) is 33.3 Å². The van der Waals surface area contributed by atoms with Crippen LogP contribution in [0, 0.1) is 5.92 Å². The maximum atomic E-state index is 11.1. The Morgan fingerprint density at radius 3 is 2.88 bits per heavy atom. The quantitative estimate of drug-likeness (QED) is 0.882. The highest BCUT2D eigenvalue weighted by molar-refractivity contribution is 9.10. The van der Waals surface area contributed by atoms with E-state index in [9.17, 15) is 4.79 Å². The van der Waals surface area contributed by atoms with Crippen LogP contribution in [0.1, 0.15) is 11.5 Å². The van der Waals surface area contributed by atoms with Crippen LogP contribution in [-0.2, 0) is 4.79 Å². The number of carbonyl (C=O) groups is 1. The summed E-state index contributed by atoms with van der Waals surface area (Å²) in [6, 6.07) is 5.48. The molecule has 16 heavy (non-hydrogen) atoms. The van der Waals surface area contributed by atoms with Gasteiger partial charge in [0.25, 0.3) is 0 Å². The van der Waals surface area contributed by atoms with Gasteiger partial charge in [-0.25, -0.2) is 0 Å². The molecular weight excluding hydrogens is 293 g/mol. The van der Waals surface area contributed by atoms with Crippen molar-refractivity contribution in [3.63, 3.8) is 0 Å². The van der Waals surface area contributed by atoms with Gasteiger partial charge in [-0.2, -0.15) is 0 Å². The summed E-state index contributed by atoms with van der Waals surface area (Å²) in [4.78, 5) is 11.1. The van der Waals surface area contributed by atoms with Gasteiger partial charge in [-0.1, -0.05) is 33.6 Å². The van der Waals surface area contributed by atoms with Crippen molar-refractivity contribution < 1.29 is 9.90 Å². The van der Waals surface area contributed by atoms with Gasteiger partial charge < -0.3 is 10.4 Å². The average molecular weight is 305 g/mol. The predicted molar refractivity (Wildman–Crippen MR) is 65.9 cm³/mol. The Morgan fingerprint density at radius 1 is 1.50 bits per heavy atom. The summed E-state index contributed by atoms with van der Waals surface area (Å²) >= 11 is 9.29. The molecule has 1 aromatic carbocycles. The Bertz CT molecular complexity index is 424. The molecule has 0 amide bonds. The summed E-state index contributed by atoms with van der Waals surface area (Å²) in [5.74, 6) is -1.11. The maximum Gasteiger partial charge on any atom is 0.308 e. The van der Waals surface area contributed by atoms with Crippen LogP contribution in [0.5, 0.6) is 0 Å². The van der Waals surface area contributed by atoms with Crippen LogP contribution < -0.4 is 5.32 Å². The molecule has 0 bridgehead atoms. The molecular formula is C11H11BrClNO2. The molecule has 1 heterocycles. The van der Waals surface area contributed by atoms with Crippen molar-refractivity contribution in [1.29, 1.82) is 0 Å².